The fourth-order valence-electron chi connectivity index (χ4n) is 1.28. The second-order valence-electron chi connectivity index (χ2n) is 5.21. The van der Waals surface area contributed by atoms with Crippen molar-refractivity contribution in [2.45, 2.75) is 52.5 Å². The first-order chi connectivity index (χ1) is 6.86. The van der Waals surface area contributed by atoms with E-state index in [9.17, 15) is 0 Å². The normalized spacial score (nSPS) is 16.4. The molecular weight excluding hydrogens is 188 g/mol. The summed E-state index contributed by atoms with van der Waals surface area (Å²) in [4.78, 5) is 4.46. The van der Waals surface area contributed by atoms with Crippen LogP contribution in [0, 0.1) is 5.92 Å². The molecule has 1 aromatic rings. The second kappa shape index (κ2) is 4.31. The molecule has 0 bridgehead atoms. The van der Waals surface area contributed by atoms with Crippen molar-refractivity contribution in [3.63, 3.8) is 0 Å². The Bertz CT molecular complexity index is 311. The molecule has 0 amide bonds. The third kappa shape index (κ3) is 2.78. The molecule has 15 heavy (non-hydrogen) atoms. The monoisotopic (exact) mass is 210 g/mol. The Labute approximate surface area is 91.7 Å². The van der Waals surface area contributed by atoms with E-state index in [-0.39, 0.29) is 11.5 Å². The number of aromatic nitrogens is 3. The molecule has 0 fully saturated rings. The molecule has 1 aromatic heterocycles. The molecule has 3 N–H and O–H groups in total. The number of hydrogen-bond acceptors (Lipinski definition) is 3. The largest absolute Gasteiger partial charge is 0.321 e. The van der Waals surface area contributed by atoms with Gasteiger partial charge in [-0.1, -0.05) is 41.0 Å². The molecule has 0 saturated carbocycles. The van der Waals surface area contributed by atoms with E-state index in [1.54, 1.807) is 0 Å². The summed E-state index contributed by atoms with van der Waals surface area (Å²) in [6, 6.07) is -0.0430. The van der Waals surface area contributed by atoms with Gasteiger partial charge < -0.3 is 5.73 Å². The lowest BCUT2D eigenvalue weighted by Crippen LogP contribution is -2.20. The third-order valence-electron chi connectivity index (χ3n) is 2.75. The van der Waals surface area contributed by atoms with Crippen LogP contribution in [0.2, 0.25) is 0 Å². The lowest BCUT2D eigenvalue weighted by Gasteiger charge is -2.15. The first-order valence-electron chi connectivity index (χ1n) is 5.54. The third-order valence-corrected chi connectivity index (χ3v) is 2.75. The number of hydrogen-bond donors (Lipinski definition) is 2. The zero-order chi connectivity index (χ0) is 11.6. The summed E-state index contributed by atoms with van der Waals surface area (Å²) >= 11 is 0. The summed E-state index contributed by atoms with van der Waals surface area (Å²) in [6.07, 6.45) is 1.05. The molecule has 0 spiro atoms. The summed E-state index contributed by atoms with van der Waals surface area (Å²) in [7, 11) is 0. The van der Waals surface area contributed by atoms with Crippen molar-refractivity contribution in [3.05, 3.63) is 11.6 Å². The van der Waals surface area contributed by atoms with Gasteiger partial charge in [0.05, 0.1) is 6.04 Å². The number of nitrogens with zero attached hydrogens (tertiary/aromatic N) is 2. The molecule has 4 nitrogen and oxygen atoms in total. The lowest BCUT2D eigenvalue weighted by molar-refractivity contribution is 0.439. The Morgan fingerprint density at radius 1 is 1.40 bits per heavy atom. The molecule has 0 aliphatic rings. The number of aromatic amines is 1. The summed E-state index contributed by atoms with van der Waals surface area (Å²) in [5.74, 6) is 2.05. The van der Waals surface area contributed by atoms with Gasteiger partial charge in [-0.2, -0.15) is 5.10 Å². The fraction of sp³-hybridized carbons (Fsp3) is 0.818. The van der Waals surface area contributed by atoms with Crippen LogP contribution >= 0.6 is 0 Å². The zero-order valence-corrected chi connectivity index (χ0v) is 10.3. The standard InChI is InChI=1S/C11H22N4/c1-6-7(2)8(12)9-13-10(15-14-9)11(3,4)5/h7-8H,6,12H2,1-5H3,(H,13,14,15)/t7-,8-/m0/s1. The van der Waals surface area contributed by atoms with Gasteiger partial charge in [-0.25, -0.2) is 4.98 Å². The van der Waals surface area contributed by atoms with Crippen LogP contribution in [0.3, 0.4) is 0 Å². The summed E-state index contributed by atoms with van der Waals surface area (Å²) in [6.45, 7) is 10.5. The molecule has 1 rings (SSSR count). The van der Waals surface area contributed by atoms with Gasteiger partial charge in [0.1, 0.15) is 5.82 Å². The van der Waals surface area contributed by atoms with Crippen LogP contribution < -0.4 is 5.73 Å². The Kier molecular flexibility index (Phi) is 3.50. The maximum absolute atomic E-state index is 6.07. The Morgan fingerprint density at radius 2 is 2.00 bits per heavy atom. The average molecular weight is 210 g/mol. The second-order valence-corrected chi connectivity index (χ2v) is 5.21. The predicted molar refractivity (Wildman–Crippen MR) is 61.5 cm³/mol. The van der Waals surface area contributed by atoms with Crippen LogP contribution in [0.4, 0.5) is 0 Å². The van der Waals surface area contributed by atoms with Gasteiger partial charge in [-0.15, -0.1) is 0 Å². The number of nitrogens with two attached hydrogens (primary N) is 1. The fourth-order valence-corrected chi connectivity index (χ4v) is 1.28. The first kappa shape index (κ1) is 12.2. The highest BCUT2D eigenvalue weighted by atomic mass is 15.2. The summed E-state index contributed by atoms with van der Waals surface area (Å²) in [5, 5.41) is 7.15. The van der Waals surface area contributed by atoms with Gasteiger partial charge in [-0.3, -0.25) is 5.10 Å². The van der Waals surface area contributed by atoms with Crippen LogP contribution in [0.1, 0.15) is 58.7 Å². The maximum Gasteiger partial charge on any atom is 0.156 e. The van der Waals surface area contributed by atoms with E-state index < -0.39 is 0 Å². The van der Waals surface area contributed by atoms with Crippen molar-refractivity contribution in [2.24, 2.45) is 11.7 Å². The minimum atomic E-state index is -0.0430. The Hall–Kier alpha value is -0.900. The Balaban J connectivity index is 2.85. The molecule has 2 atom stereocenters. The van der Waals surface area contributed by atoms with Crippen molar-refractivity contribution in [1.29, 1.82) is 0 Å². The topological polar surface area (TPSA) is 67.6 Å². The van der Waals surface area contributed by atoms with Gasteiger partial charge in [0, 0.05) is 5.41 Å². The van der Waals surface area contributed by atoms with Crippen LogP contribution in [-0.2, 0) is 5.41 Å². The highest BCUT2D eigenvalue weighted by Gasteiger charge is 2.22. The van der Waals surface area contributed by atoms with Crippen molar-refractivity contribution in [2.75, 3.05) is 0 Å². The molecule has 0 saturated heterocycles. The quantitative estimate of drug-likeness (QED) is 0.803. The van der Waals surface area contributed by atoms with Crippen LogP contribution in [0.5, 0.6) is 0 Å². The number of H-pyrrole nitrogens is 1. The Morgan fingerprint density at radius 3 is 2.40 bits per heavy atom. The minimum Gasteiger partial charge on any atom is -0.321 e. The van der Waals surface area contributed by atoms with Crippen molar-refractivity contribution < 1.29 is 0 Å². The van der Waals surface area contributed by atoms with Crippen LogP contribution in [-0.4, -0.2) is 15.2 Å². The lowest BCUT2D eigenvalue weighted by atomic mass is 9.96. The molecule has 0 unspecified atom stereocenters. The highest BCUT2D eigenvalue weighted by Crippen LogP contribution is 2.22. The van der Waals surface area contributed by atoms with Crippen molar-refractivity contribution in [1.82, 2.24) is 15.2 Å². The van der Waals surface area contributed by atoms with Crippen molar-refractivity contribution >= 4 is 0 Å². The summed E-state index contributed by atoms with van der Waals surface area (Å²) < 4.78 is 0. The minimum absolute atomic E-state index is 0.0239. The molecule has 86 valence electrons. The van der Waals surface area contributed by atoms with E-state index >= 15 is 0 Å². The highest BCUT2D eigenvalue weighted by molar-refractivity contribution is 5.04. The van der Waals surface area contributed by atoms with Crippen LogP contribution in [0.15, 0.2) is 0 Å². The van der Waals surface area contributed by atoms with Gasteiger partial charge >= 0.3 is 0 Å². The molecule has 4 heteroatoms. The summed E-state index contributed by atoms with van der Waals surface area (Å²) in [5.41, 5.74) is 6.05. The SMILES string of the molecule is CC[C@H](C)[C@H](N)c1nc(C(C)(C)C)n[nH]1. The molecule has 0 radical (unpaired) electrons. The average Bonchev–Trinajstić information content (AvgIpc) is 2.63. The van der Waals surface area contributed by atoms with E-state index in [1.807, 2.05) is 0 Å². The molecule has 0 aliphatic carbocycles. The van der Waals surface area contributed by atoms with E-state index in [4.69, 9.17) is 5.73 Å². The maximum atomic E-state index is 6.07. The van der Waals surface area contributed by atoms with E-state index in [0.717, 1.165) is 18.1 Å². The predicted octanol–water partition coefficient (Wildman–Crippen LogP) is 2.15. The number of nitrogens with one attached hydrogen (secondary N) is 1. The molecule has 0 aromatic carbocycles. The first-order valence-corrected chi connectivity index (χ1v) is 5.54. The van der Waals surface area contributed by atoms with E-state index in [1.165, 1.54) is 0 Å². The van der Waals surface area contributed by atoms with Gasteiger partial charge in [0.25, 0.3) is 0 Å². The van der Waals surface area contributed by atoms with Gasteiger partial charge in [0.15, 0.2) is 5.82 Å². The van der Waals surface area contributed by atoms with Crippen molar-refractivity contribution in [3.8, 4) is 0 Å². The van der Waals surface area contributed by atoms with Gasteiger partial charge in [-0.05, 0) is 5.92 Å². The number of rotatable bonds is 3. The van der Waals surface area contributed by atoms with Gasteiger partial charge in [0.2, 0.25) is 0 Å². The zero-order valence-electron chi connectivity index (χ0n) is 10.3. The van der Waals surface area contributed by atoms with Crippen LogP contribution in [0.25, 0.3) is 0 Å². The molecule has 1 heterocycles. The van der Waals surface area contributed by atoms with E-state index in [2.05, 4.69) is 49.8 Å². The molecular formula is C11H22N4. The van der Waals surface area contributed by atoms with E-state index in [0.29, 0.717) is 5.92 Å². The molecule has 0 aliphatic heterocycles. The smallest absolute Gasteiger partial charge is 0.156 e.